The van der Waals surface area contributed by atoms with Gasteiger partial charge in [0.05, 0.1) is 13.2 Å². The third-order valence-corrected chi connectivity index (χ3v) is 2.33. The molecule has 2 rings (SSSR count). The molecule has 1 heterocycles. The lowest BCUT2D eigenvalue weighted by molar-refractivity contribution is 0.120. The third kappa shape index (κ3) is 2.01. The first-order chi connectivity index (χ1) is 7.31. The number of ether oxygens (including phenoxy) is 1. The van der Waals surface area contributed by atoms with Crippen LogP contribution in [0.2, 0.25) is 0 Å². The van der Waals surface area contributed by atoms with Gasteiger partial charge in [-0.15, -0.1) is 0 Å². The van der Waals surface area contributed by atoms with E-state index in [4.69, 9.17) is 4.74 Å². The standard InChI is InChI=1S/C12H13NO2/c1-2-15-12(14)13-8-7-10-5-3-4-6-11(10)9-13/h3-8H,2,9H2,1H3. The lowest BCUT2D eigenvalue weighted by Crippen LogP contribution is -2.27. The second-order valence-electron chi connectivity index (χ2n) is 3.34. The molecule has 0 bridgehead atoms. The molecular weight excluding hydrogens is 190 g/mol. The molecule has 1 amide bonds. The fourth-order valence-corrected chi connectivity index (χ4v) is 1.58. The van der Waals surface area contributed by atoms with Crippen LogP contribution in [-0.2, 0) is 11.3 Å². The number of hydrogen-bond donors (Lipinski definition) is 0. The monoisotopic (exact) mass is 203 g/mol. The second-order valence-corrected chi connectivity index (χ2v) is 3.34. The Labute approximate surface area is 89.0 Å². The van der Waals surface area contributed by atoms with Crippen LogP contribution in [0.15, 0.2) is 30.5 Å². The minimum absolute atomic E-state index is 0.289. The van der Waals surface area contributed by atoms with E-state index in [9.17, 15) is 4.79 Å². The first-order valence-corrected chi connectivity index (χ1v) is 5.00. The minimum atomic E-state index is -0.289. The van der Waals surface area contributed by atoms with E-state index in [-0.39, 0.29) is 6.09 Å². The largest absolute Gasteiger partial charge is 0.449 e. The molecule has 0 saturated heterocycles. The first kappa shape index (κ1) is 9.77. The van der Waals surface area contributed by atoms with Crippen LogP contribution in [0, 0.1) is 0 Å². The zero-order valence-electron chi connectivity index (χ0n) is 8.64. The maximum Gasteiger partial charge on any atom is 0.414 e. The molecule has 0 radical (unpaired) electrons. The van der Waals surface area contributed by atoms with Crippen molar-refractivity contribution in [3.05, 3.63) is 41.6 Å². The highest BCUT2D eigenvalue weighted by atomic mass is 16.6. The molecule has 3 nitrogen and oxygen atoms in total. The van der Waals surface area contributed by atoms with Crippen LogP contribution in [0.4, 0.5) is 4.79 Å². The molecule has 1 aromatic rings. The maximum atomic E-state index is 11.5. The minimum Gasteiger partial charge on any atom is -0.449 e. The van der Waals surface area contributed by atoms with E-state index in [1.807, 2.05) is 30.3 Å². The van der Waals surface area contributed by atoms with Crippen molar-refractivity contribution < 1.29 is 9.53 Å². The van der Waals surface area contributed by atoms with E-state index in [1.54, 1.807) is 18.0 Å². The van der Waals surface area contributed by atoms with Crippen LogP contribution in [0.25, 0.3) is 6.08 Å². The van der Waals surface area contributed by atoms with Gasteiger partial charge in [0.1, 0.15) is 0 Å². The van der Waals surface area contributed by atoms with Gasteiger partial charge in [-0.3, -0.25) is 4.90 Å². The Balaban J connectivity index is 2.15. The SMILES string of the molecule is CCOC(=O)N1C=Cc2ccccc2C1. The van der Waals surface area contributed by atoms with Crippen LogP contribution in [-0.4, -0.2) is 17.6 Å². The summed E-state index contributed by atoms with van der Waals surface area (Å²) in [6, 6.07) is 8.02. The zero-order chi connectivity index (χ0) is 10.7. The van der Waals surface area contributed by atoms with Crippen LogP contribution in [0.3, 0.4) is 0 Å². The number of amides is 1. The Morgan fingerprint density at radius 2 is 2.27 bits per heavy atom. The normalized spacial score (nSPS) is 13.5. The van der Waals surface area contributed by atoms with Crippen molar-refractivity contribution >= 4 is 12.2 Å². The first-order valence-electron chi connectivity index (χ1n) is 5.00. The number of hydrogen-bond acceptors (Lipinski definition) is 2. The molecule has 78 valence electrons. The summed E-state index contributed by atoms with van der Waals surface area (Å²) in [5.41, 5.74) is 2.31. The summed E-state index contributed by atoms with van der Waals surface area (Å²) < 4.78 is 4.93. The average Bonchev–Trinajstić information content (AvgIpc) is 2.29. The molecule has 1 aliphatic rings. The molecule has 0 saturated carbocycles. The summed E-state index contributed by atoms with van der Waals surface area (Å²) in [6.07, 6.45) is 3.40. The van der Waals surface area contributed by atoms with Crippen molar-refractivity contribution in [2.45, 2.75) is 13.5 Å². The van der Waals surface area contributed by atoms with Gasteiger partial charge < -0.3 is 4.74 Å². The number of rotatable bonds is 1. The van der Waals surface area contributed by atoms with Crippen LogP contribution < -0.4 is 0 Å². The molecule has 0 spiro atoms. The van der Waals surface area contributed by atoms with Crippen molar-refractivity contribution in [2.75, 3.05) is 6.61 Å². The summed E-state index contributed by atoms with van der Waals surface area (Å²) in [5, 5.41) is 0. The van der Waals surface area contributed by atoms with Crippen molar-refractivity contribution in [3.63, 3.8) is 0 Å². The average molecular weight is 203 g/mol. The van der Waals surface area contributed by atoms with Crippen LogP contribution in [0.5, 0.6) is 0 Å². The van der Waals surface area contributed by atoms with E-state index < -0.39 is 0 Å². The Morgan fingerprint density at radius 1 is 1.47 bits per heavy atom. The Bertz CT molecular complexity index is 398. The van der Waals surface area contributed by atoms with E-state index in [0.29, 0.717) is 13.2 Å². The van der Waals surface area contributed by atoms with Crippen molar-refractivity contribution in [3.8, 4) is 0 Å². The quantitative estimate of drug-likeness (QED) is 0.702. The van der Waals surface area contributed by atoms with Gasteiger partial charge in [0.25, 0.3) is 0 Å². The molecular formula is C12H13NO2. The predicted molar refractivity (Wildman–Crippen MR) is 58.0 cm³/mol. The van der Waals surface area contributed by atoms with Crippen LogP contribution >= 0.6 is 0 Å². The summed E-state index contributed by atoms with van der Waals surface area (Å²) in [7, 11) is 0. The lowest BCUT2D eigenvalue weighted by atomic mass is 10.1. The highest BCUT2D eigenvalue weighted by Crippen LogP contribution is 2.19. The topological polar surface area (TPSA) is 29.5 Å². The fraction of sp³-hybridized carbons (Fsp3) is 0.250. The van der Waals surface area contributed by atoms with E-state index in [0.717, 1.165) is 11.1 Å². The van der Waals surface area contributed by atoms with Gasteiger partial charge in [-0.25, -0.2) is 4.79 Å². The van der Waals surface area contributed by atoms with Gasteiger partial charge in [0.15, 0.2) is 0 Å². The molecule has 3 heteroatoms. The number of nitrogens with zero attached hydrogens (tertiary/aromatic N) is 1. The van der Waals surface area contributed by atoms with Crippen molar-refractivity contribution in [2.24, 2.45) is 0 Å². The smallest absolute Gasteiger partial charge is 0.414 e. The Morgan fingerprint density at radius 3 is 3.07 bits per heavy atom. The Hall–Kier alpha value is -1.77. The molecule has 1 aliphatic heterocycles. The molecule has 0 fully saturated rings. The van der Waals surface area contributed by atoms with Crippen LogP contribution in [0.1, 0.15) is 18.1 Å². The molecule has 0 atom stereocenters. The van der Waals surface area contributed by atoms with Gasteiger partial charge in [-0.05, 0) is 24.1 Å². The highest BCUT2D eigenvalue weighted by molar-refractivity contribution is 5.72. The number of carbonyl (C=O) groups is 1. The van der Waals surface area contributed by atoms with Crippen molar-refractivity contribution in [1.29, 1.82) is 0 Å². The summed E-state index contributed by atoms with van der Waals surface area (Å²) in [6.45, 7) is 2.80. The predicted octanol–water partition coefficient (Wildman–Crippen LogP) is 2.63. The molecule has 0 unspecified atom stereocenters. The highest BCUT2D eigenvalue weighted by Gasteiger charge is 2.16. The lowest BCUT2D eigenvalue weighted by Gasteiger charge is -2.22. The van der Waals surface area contributed by atoms with Gasteiger partial charge in [0.2, 0.25) is 0 Å². The summed E-state index contributed by atoms with van der Waals surface area (Å²) >= 11 is 0. The number of benzene rings is 1. The van der Waals surface area contributed by atoms with E-state index in [2.05, 4.69) is 0 Å². The van der Waals surface area contributed by atoms with Gasteiger partial charge in [0, 0.05) is 6.20 Å². The fourth-order valence-electron chi connectivity index (χ4n) is 1.58. The van der Waals surface area contributed by atoms with Gasteiger partial charge in [-0.2, -0.15) is 0 Å². The second kappa shape index (κ2) is 4.17. The summed E-state index contributed by atoms with van der Waals surface area (Å²) in [4.78, 5) is 13.0. The molecule has 15 heavy (non-hydrogen) atoms. The van der Waals surface area contributed by atoms with E-state index in [1.165, 1.54) is 0 Å². The molecule has 0 aliphatic carbocycles. The molecule has 1 aromatic carbocycles. The maximum absolute atomic E-state index is 11.5. The van der Waals surface area contributed by atoms with Crippen molar-refractivity contribution in [1.82, 2.24) is 4.90 Å². The summed E-state index contributed by atoms with van der Waals surface area (Å²) in [5.74, 6) is 0. The third-order valence-electron chi connectivity index (χ3n) is 2.33. The van der Waals surface area contributed by atoms with Gasteiger partial charge >= 0.3 is 6.09 Å². The number of fused-ring (bicyclic) bond motifs is 1. The Kier molecular flexibility index (Phi) is 2.72. The molecule has 0 N–H and O–H groups in total. The number of carbonyl (C=O) groups excluding carboxylic acids is 1. The molecule has 0 aromatic heterocycles. The van der Waals surface area contributed by atoms with E-state index >= 15 is 0 Å². The zero-order valence-corrected chi connectivity index (χ0v) is 8.64. The van der Waals surface area contributed by atoms with Gasteiger partial charge in [-0.1, -0.05) is 24.3 Å².